The molecule has 0 bridgehead atoms. The van der Waals surface area contributed by atoms with E-state index in [1.54, 1.807) is 41.2 Å². The molecule has 0 saturated heterocycles. The molecule has 0 fully saturated rings. The molecule has 0 spiro atoms. The highest BCUT2D eigenvalue weighted by Crippen LogP contribution is 2.47. The highest BCUT2D eigenvalue weighted by molar-refractivity contribution is 5.76. The van der Waals surface area contributed by atoms with Crippen molar-refractivity contribution in [2.75, 3.05) is 29.1 Å². The molecule has 180 valence electrons. The molecule has 3 heterocycles. The van der Waals surface area contributed by atoms with E-state index >= 15 is 0 Å². The van der Waals surface area contributed by atoms with Crippen LogP contribution in [0.3, 0.4) is 0 Å². The first-order valence-electron chi connectivity index (χ1n) is 11.1. The zero-order valence-corrected chi connectivity index (χ0v) is 19.7. The van der Waals surface area contributed by atoms with Gasteiger partial charge in [0.2, 0.25) is 5.95 Å². The van der Waals surface area contributed by atoms with Gasteiger partial charge < -0.3 is 20.1 Å². The summed E-state index contributed by atoms with van der Waals surface area (Å²) >= 11 is 0. The third kappa shape index (κ3) is 3.94. The Morgan fingerprint density at radius 2 is 1.80 bits per heavy atom. The van der Waals surface area contributed by atoms with Crippen molar-refractivity contribution in [3.8, 4) is 5.69 Å². The summed E-state index contributed by atoms with van der Waals surface area (Å²) in [7, 11) is 1.73. The van der Waals surface area contributed by atoms with Crippen LogP contribution in [0.15, 0.2) is 48.9 Å². The quantitative estimate of drug-likeness (QED) is 0.388. The molecule has 4 aromatic rings. The molecule has 35 heavy (non-hydrogen) atoms. The van der Waals surface area contributed by atoms with Gasteiger partial charge in [0.15, 0.2) is 11.6 Å². The number of imidazole rings is 1. The van der Waals surface area contributed by atoms with Gasteiger partial charge in [0.05, 0.1) is 23.4 Å². The summed E-state index contributed by atoms with van der Waals surface area (Å²) in [6.07, 6.45) is 3.28. The number of nitrogens with one attached hydrogen (secondary N) is 2. The van der Waals surface area contributed by atoms with Crippen molar-refractivity contribution in [1.29, 1.82) is 0 Å². The number of rotatable bonds is 5. The zero-order chi connectivity index (χ0) is 24.9. The Labute approximate surface area is 200 Å². The first-order valence-corrected chi connectivity index (χ1v) is 11.1. The number of anilines is 5. The highest BCUT2D eigenvalue weighted by atomic mass is 19.2. The Hall–Kier alpha value is -4.08. The molecule has 2 aromatic heterocycles. The lowest BCUT2D eigenvalue weighted by atomic mass is 9.88. The van der Waals surface area contributed by atoms with Crippen molar-refractivity contribution in [1.82, 2.24) is 19.5 Å². The number of hydrogen-bond acceptors (Lipinski definition) is 6. The van der Waals surface area contributed by atoms with E-state index in [1.807, 2.05) is 20.8 Å². The van der Waals surface area contributed by atoms with Gasteiger partial charge in [0, 0.05) is 36.5 Å². The van der Waals surface area contributed by atoms with E-state index in [2.05, 4.69) is 25.6 Å². The molecule has 2 N–H and O–H groups in total. The predicted molar refractivity (Wildman–Crippen MR) is 130 cm³/mol. The lowest BCUT2D eigenvalue weighted by molar-refractivity contribution is 0.505. The summed E-state index contributed by atoms with van der Waals surface area (Å²) < 4.78 is 45.2. The van der Waals surface area contributed by atoms with Crippen LogP contribution >= 0.6 is 0 Å². The van der Waals surface area contributed by atoms with E-state index in [9.17, 15) is 13.2 Å². The number of hydrogen-bond donors (Lipinski definition) is 2. The van der Waals surface area contributed by atoms with E-state index in [0.717, 1.165) is 17.3 Å². The van der Waals surface area contributed by atoms with Crippen molar-refractivity contribution >= 4 is 29.0 Å². The van der Waals surface area contributed by atoms with Crippen LogP contribution in [0, 0.1) is 24.4 Å². The van der Waals surface area contributed by atoms with Gasteiger partial charge in [-0.2, -0.15) is 9.97 Å². The van der Waals surface area contributed by atoms with E-state index in [0.29, 0.717) is 29.6 Å². The van der Waals surface area contributed by atoms with Gasteiger partial charge in [0.25, 0.3) is 0 Å². The van der Waals surface area contributed by atoms with Gasteiger partial charge >= 0.3 is 0 Å². The third-order valence-electron chi connectivity index (χ3n) is 6.03. The average molecular weight is 480 g/mol. The molecule has 0 unspecified atom stereocenters. The standard InChI is InChI=1S/C25H24F3N7/c1-14-11-34(13-30-14)18-9-8-15(10-17(18)27)31-24-32-22(29-4)20-23(33-24)35(12-25(20,2)3)19-7-5-6-16(26)21(19)28/h5-11,13H,12H2,1-4H3,(H2,29,31,32,33). The molecule has 0 saturated carbocycles. The lowest BCUT2D eigenvalue weighted by Crippen LogP contribution is -2.26. The summed E-state index contributed by atoms with van der Waals surface area (Å²) in [5.41, 5.74) is 2.00. The Morgan fingerprint density at radius 3 is 2.49 bits per heavy atom. The second kappa shape index (κ2) is 8.30. The van der Waals surface area contributed by atoms with Crippen LogP contribution in [0.4, 0.5) is 42.1 Å². The molecule has 1 aliphatic heterocycles. The summed E-state index contributed by atoms with van der Waals surface area (Å²) in [5.74, 6) is -1.13. The molecule has 0 atom stereocenters. The van der Waals surface area contributed by atoms with Crippen LogP contribution in [0.25, 0.3) is 5.69 Å². The highest BCUT2D eigenvalue weighted by Gasteiger charge is 2.41. The lowest BCUT2D eigenvalue weighted by Gasteiger charge is -2.22. The minimum Gasteiger partial charge on any atom is -0.373 e. The molecular formula is C25H24F3N7. The fourth-order valence-electron chi connectivity index (χ4n) is 4.43. The van der Waals surface area contributed by atoms with Crippen LogP contribution in [0.5, 0.6) is 0 Å². The molecular weight excluding hydrogens is 455 g/mol. The molecule has 2 aromatic carbocycles. The number of nitrogens with zero attached hydrogens (tertiary/aromatic N) is 5. The predicted octanol–water partition coefficient (Wildman–Crippen LogP) is 5.60. The second-order valence-electron chi connectivity index (χ2n) is 9.10. The van der Waals surface area contributed by atoms with E-state index in [-0.39, 0.29) is 11.6 Å². The first kappa shape index (κ1) is 22.7. The maximum atomic E-state index is 14.9. The maximum Gasteiger partial charge on any atom is 0.231 e. The number of halogens is 3. The molecule has 0 amide bonds. The summed E-state index contributed by atoms with van der Waals surface area (Å²) in [5, 5.41) is 6.12. The molecule has 7 nitrogen and oxygen atoms in total. The Bertz CT molecular complexity index is 1430. The minimum atomic E-state index is -0.942. The molecule has 1 aliphatic rings. The van der Waals surface area contributed by atoms with Gasteiger partial charge in [-0.05, 0) is 37.3 Å². The Kier molecular flexibility index (Phi) is 5.38. The smallest absolute Gasteiger partial charge is 0.231 e. The number of benzene rings is 2. The van der Waals surface area contributed by atoms with Crippen LogP contribution in [0.2, 0.25) is 0 Å². The van der Waals surface area contributed by atoms with Crippen molar-refractivity contribution in [3.63, 3.8) is 0 Å². The molecule has 0 aliphatic carbocycles. The minimum absolute atomic E-state index is 0.0922. The van der Waals surface area contributed by atoms with Crippen molar-refractivity contribution in [2.24, 2.45) is 0 Å². The van der Waals surface area contributed by atoms with Crippen LogP contribution in [-0.4, -0.2) is 33.1 Å². The summed E-state index contributed by atoms with van der Waals surface area (Å²) in [6.45, 7) is 6.19. The fourth-order valence-corrected chi connectivity index (χ4v) is 4.43. The van der Waals surface area contributed by atoms with Crippen molar-refractivity contribution < 1.29 is 13.2 Å². The zero-order valence-electron chi connectivity index (χ0n) is 19.7. The van der Waals surface area contributed by atoms with Crippen molar-refractivity contribution in [2.45, 2.75) is 26.2 Å². The Balaban J connectivity index is 1.55. The van der Waals surface area contributed by atoms with Crippen LogP contribution < -0.4 is 15.5 Å². The van der Waals surface area contributed by atoms with Gasteiger partial charge in [-0.25, -0.2) is 18.2 Å². The summed E-state index contributed by atoms with van der Waals surface area (Å²) in [4.78, 5) is 15.0. The molecule has 0 radical (unpaired) electrons. The fraction of sp³-hybridized carbons (Fsp3) is 0.240. The normalized spacial score (nSPS) is 14.2. The SMILES string of the molecule is CNc1nc(Nc2ccc(-n3cnc(C)c3)c(F)c2)nc2c1C(C)(C)CN2c1cccc(F)c1F. The maximum absolute atomic E-state index is 14.9. The molecule has 10 heteroatoms. The second-order valence-corrected chi connectivity index (χ2v) is 9.10. The topological polar surface area (TPSA) is 70.9 Å². The average Bonchev–Trinajstić information content (AvgIpc) is 3.35. The van der Waals surface area contributed by atoms with Crippen molar-refractivity contribution in [3.05, 3.63) is 77.6 Å². The van der Waals surface area contributed by atoms with Gasteiger partial charge in [-0.15, -0.1) is 0 Å². The van der Waals surface area contributed by atoms with E-state index < -0.39 is 22.9 Å². The van der Waals surface area contributed by atoms with Gasteiger partial charge in [0.1, 0.15) is 17.5 Å². The first-order chi connectivity index (χ1) is 16.7. The monoisotopic (exact) mass is 479 g/mol. The van der Waals surface area contributed by atoms with Crippen LogP contribution in [0.1, 0.15) is 25.1 Å². The summed E-state index contributed by atoms with van der Waals surface area (Å²) in [6, 6.07) is 8.73. The number of aryl methyl sites for hydroxylation is 1. The van der Waals surface area contributed by atoms with E-state index in [1.165, 1.54) is 18.2 Å². The number of fused-ring (bicyclic) bond motifs is 1. The number of aromatic nitrogens is 4. The van der Waals surface area contributed by atoms with Crippen LogP contribution in [-0.2, 0) is 5.41 Å². The largest absolute Gasteiger partial charge is 0.373 e. The Morgan fingerprint density at radius 1 is 1.00 bits per heavy atom. The van der Waals surface area contributed by atoms with E-state index in [4.69, 9.17) is 0 Å². The van der Waals surface area contributed by atoms with Gasteiger partial charge in [-0.1, -0.05) is 19.9 Å². The third-order valence-corrected chi connectivity index (χ3v) is 6.03. The van der Waals surface area contributed by atoms with Gasteiger partial charge in [-0.3, -0.25) is 0 Å². The molecule has 5 rings (SSSR count).